The fourth-order valence-corrected chi connectivity index (χ4v) is 9.89. The zero-order valence-electron chi connectivity index (χ0n) is 30.5. The van der Waals surface area contributed by atoms with Gasteiger partial charge in [-0.3, -0.25) is 0 Å². The molecule has 0 aliphatic rings. The molecule has 0 bridgehead atoms. The minimum Gasteiger partial charge on any atom is -0.307 e. The molecule has 4 heterocycles. The molecule has 0 aliphatic carbocycles. The standard InChI is InChI=1S/C51H31N5S/c1-3-17-32(18-4-1)49-52-50(33-19-5-2-6-20-33)54-51(53-49)47-46-38-25-11-16-30-44(38)57-45(46)31-43(55-39-26-12-7-21-34(39)35-22-8-13-27-40(35)55)48(47)56-41-28-14-9-23-36(41)37-24-10-15-29-42(37)56/h1-31H. The van der Waals surface area contributed by atoms with Crippen LogP contribution in [0, 0.1) is 0 Å². The van der Waals surface area contributed by atoms with Crippen LogP contribution in [0.4, 0.5) is 0 Å². The Hall–Kier alpha value is -7.41. The molecule has 0 spiro atoms. The molecule has 0 aliphatic heterocycles. The summed E-state index contributed by atoms with van der Waals surface area (Å²) in [7, 11) is 0. The molecule has 6 heteroatoms. The van der Waals surface area contributed by atoms with E-state index in [-0.39, 0.29) is 0 Å². The first-order valence-corrected chi connectivity index (χ1v) is 19.9. The lowest BCUT2D eigenvalue weighted by Crippen LogP contribution is -2.08. The number of nitrogens with zero attached hydrogens (tertiary/aromatic N) is 5. The molecule has 0 N–H and O–H groups in total. The third-order valence-corrected chi connectivity index (χ3v) is 12.3. The van der Waals surface area contributed by atoms with Crippen molar-refractivity contribution < 1.29 is 0 Å². The highest BCUT2D eigenvalue weighted by molar-refractivity contribution is 7.26. The molecule has 5 nitrogen and oxygen atoms in total. The Morgan fingerprint density at radius 2 is 0.754 bits per heavy atom. The number of hydrogen-bond acceptors (Lipinski definition) is 4. The molecule has 0 fully saturated rings. The van der Waals surface area contributed by atoms with Crippen LogP contribution in [0.2, 0.25) is 0 Å². The molecule has 12 aromatic rings. The quantitative estimate of drug-likeness (QED) is 0.176. The minimum absolute atomic E-state index is 0.621. The van der Waals surface area contributed by atoms with E-state index in [1.165, 1.54) is 31.6 Å². The van der Waals surface area contributed by atoms with Gasteiger partial charge in [0.15, 0.2) is 17.5 Å². The van der Waals surface area contributed by atoms with Crippen LogP contribution in [0.25, 0.3) is 109 Å². The Balaban J connectivity index is 1.35. The van der Waals surface area contributed by atoms with Gasteiger partial charge in [-0.25, -0.2) is 15.0 Å². The molecular weight excluding hydrogens is 715 g/mol. The minimum atomic E-state index is 0.621. The topological polar surface area (TPSA) is 48.5 Å². The molecule has 0 saturated carbocycles. The predicted octanol–water partition coefficient (Wildman–Crippen LogP) is 13.4. The van der Waals surface area contributed by atoms with Gasteiger partial charge in [0, 0.05) is 52.8 Å². The van der Waals surface area contributed by atoms with Gasteiger partial charge in [-0.15, -0.1) is 11.3 Å². The average Bonchev–Trinajstić information content (AvgIpc) is 3.94. The van der Waals surface area contributed by atoms with Crippen molar-refractivity contribution in [3.05, 3.63) is 188 Å². The van der Waals surface area contributed by atoms with Crippen LogP contribution in [0.5, 0.6) is 0 Å². The molecule has 0 atom stereocenters. The van der Waals surface area contributed by atoms with Crippen LogP contribution >= 0.6 is 11.3 Å². The SMILES string of the molecule is c1ccc(-c2nc(-c3ccccc3)nc(-c3c(-n4c5ccccc5c5ccccc54)c(-n4c5ccccc5c5ccccc54)cc4sc5ccccc5c34)n2)cc1. The first-order chi connectivity index (χ1) is 28.3. The smallest absolute Gasteiger partial charge is 0.166 e. The van der Waals surface area contributed by atoms with E-state index in [0.717, 1.165) is 60.2 Å². The number of para-hydroxylation sites is 4. The molecule has 57 heavy (non-hydrogen) atoms. The molecule has 0 unspecified atom stereocenters. The van der Waals surface area contributed by atoms with Crippen LogP contribution in [0.1, 0.15) is 0 Å². The molecular formula is C51H31N5S. The summed E-state index contributed by atoms with van der Waals surface area (Å²) in [6, 6.07) is 66.6. The summed E-state index contributed by atoms with van der Waals surface area (Å²) >= 11 is 1.81. The number of hydrogen-bond donors (Lipinski definition) is 0. The molecule has 4 aromatic heterocycles. The van der Waals surface area contributed by atoms with Gasteiger partial charge < -0.3 is 9.13 Å². The summed E-state index contributed by atoms with van der Waals surface area (Å²) in [4.78, 5) is 16.1. The maximum absolute atomic E-state index is 5.47. The fourth-order valence-electron chi connectivity index (χ4n) is 8.74. The van der Waals surface area contributed by atoms with Crippen molar-refractivity contribution in [3.8, 4) is 45.5 Å². The molecule has 12 rings (SSSR count). The van der Waals surface area contributed by atoms with Gasteiger partial charge in [0.25, 0.3) is 0 Å². The summed E-state index contributed by atoms with van der Waals surface area (Å²) in [6.07, 6.45) is 0. The second-order valence-corrected chi connectivity index (χ2v) is 15.5. The third-order valence-electron chi connectivity index (χ3n) is 11.2. The van der Waals surface area contributed by atoms with E-state index in [1.54, 1.807) is 0 Å². The van der Waals surface area contributed by atoms with E-state index in [1.807, 2.05) is 47.7 Å². The summed E-state index contributed by atoms with van der Waals surface area (Å²) in [5.41, 5.74) is 9.39. The van der Waals surface area contributed by atoms with E-state index < -0.39 is 0 Å². The summed E-state index contributed by atoms with van der Waals surface area (Å²) in [5, 5.41) is 7.09. The number of rotatable bonds is 5. The van der Waals surface area contributed by atoms with Gasteiger partial charge in [-0.05, 0) is 36.4 Å². The van der Waals surface area contributed by atoms with Crippen molar-refractivity contribution in [2.75, 3.05) is 0 Å². The zero-order chi connectivity index (χ0) is 37.5. The van der Waals surface area contributed by atoms with Gasteiger partial charge in [-0.1, -0.05) is 152 Å². The van der Waals surface area contributed by atoms with Gasteiger partial charge >= 0.3 is 0 Å². The molecule has 0 radical (unpaired) electrons. The van der Waals surface area contributed by atoms with E-state index >= 15 is 0 Å². The first-order valence-electron chi connectivity index (χ1n) is 19.1. The van der Waals surface area contributed by atoms with Crippen LogP contribution < -0.4 is 0 Å². The van der Waals surface area contributed by atoms with Crippen molar-refractivity contribution in [1.82, 2.24) is 24.1 Å². The number of fused-ring (bicyclic) bond motifs is 9. The van der Waals surface area contributed by atoms with Crippen molar-refractivity contribution >= 4 is 75.1 Å². The molecule has 0 saturated heterocycles. The molecule has 266 valence electrons. The lowest BCUT2D eigenvalue weighted by atomic mass is 10.0. The molecule has 0 amide bonds. The van der Waals surface area contributed by atoms with E-state index in [0.29, 0.717) is 17.5 Å². The Morgan fingerprint density at radius 3 is 1.26 bits per heavy atom. The first kappa shape index (κ1) is 31.9. The normalized spacial score (nSPS) is 11.9. The lowest BCUT2D eigenvalue weighted by Gasteiger charge is -2.22. The van der Waals surface area contributed by atoms with Crippen molar-refractivity contribution in [2.24, 2.45) is 0 Å². The Bertz CT molecular complexity index is 3360. The maximum atomic E-state index is 5.47. The number of benzene rings is 8. The van der Waals surface area contributed by atoms with E-state index in [2.05, 4.69) is 161 Å². The van der Waals surface area contributed by atoms with Crippen LogP contribution in [0.3, 0.4) is 0 Å². The summed E-state index contributed by atoms with van der Waals surface area (Å²) < 4.78 is 7.28. The van der Waals surface area contributed by atoms with Crippen LogP contribution in [-0.2, 0) is 0 Å². The number of aromatic nitrogens is 5. The Labute approximate surface area is 331 Å². The van der Waals surface area contributed by atoms with Gasteiger partial charge in [0.05, 0.1) is 39.0 Å². The van der Waals surface area contributed by atoms with E-state index in [9.17, 15) is 0 Å². The third kappa shape index (κ3) is 4.84. The monoisotopic (exact) mass is 745 g/mol. The van der Waals surface area contributed by atoms with Gasteiger partial charge in [0.1, 0.15) is 0 Å². The highest BCUT2D eigenvalue weighted by Gasteiger charge is 2.28. The van der Waals surface area contributed by atoms with Crippen molar-refractivity contribution in [2.45, 2.75) is 0 Å². The maximum Gasteiger partial charge on any atom is 0.166 e. The van der Waals surface area contributed by atoms with Crippen molar-refractivity contribution in [3.63, 3.8) is 0 Å². The Kier molecular flexibility index (Phi) is 7.03. The summed E-state index contributed by atoms with van der Waals surface area (Å²) in [5.74, 6) is 1.88. The van der Waals surface area contributed by atoms with Crippen LogP contribution in [-0.4, -0.2) is 24.1 Å². The van der Waals surface area contributed by atoms with Gasteiger partial charge in [0.2, 0.25) is 0 Å². The fraction of sp³-hybridized carbons (Fsp3) is 0. The zero-order valence-corrected chi connectivity index (χ0v) is 31.4. The van der Waals surface area contributed by atoms with Crippen molar-refractivity contribution in [1.29, 1.82) is 0 Å². The highest BCUT2D eigenvalue weighted by atomic mass is 32.1. The molecule has 8 aromatic carbocycles. The summed E-state index contributed by atoms with van der Waals surface area (Å²) in [6.45, 7) is 0. The van der Waals surface area contributed by atoms with Gasteiger partial charge in [-0.2, -0.15) is 0 Å². The largest absolute Gasteiger partial charge is 0.307 e. The Morgan fingerprint density at radius 1 is 0.351 bits per heavy atom. The van der Waals surface area contributed by atoms with Crippen LogP contribution in [0.15, 0.2) is 188 Å². The predicted molar refractivity (Wildman–Crippen MR) is 238 cm³/mol. The highest BCUT2D eigenvalue weighted by Crippen LogP contribution is 2.49. The lowest BCUT2D eigenvalue weighted by molar-refractivity contribution is 1.06. The van der Waals surface area contributed by atoms with E-state index in [4.69, 9.17) is 15.0 Å². The number of thiophene rings is 1. The second-order valence-electron chi connectivity index (χ2n) is 14.4. The second kappa shape index (κ2) is 12.6. The average molecular weight is 746 g/mol.